The first-order valence-corrected chi connectivity index (χ1v) is 10.0. The van der Waals surface area contributed by atoms with Crippen LogP contribution in [-0.2, 0) is 14.3 Å². The van der Waals surface area contributed by atoms with Crippen molar-refractivity contribution in [1.82, 2.24) is 0 Å². The Hall–Kier alpha value is -0.860. The van der Waals surface area contributed by atoms with Gasteiger partial charge in [-0.15, -0.1) is 0 Å². The van der Waals surface area contributed by atoms with Crippen LogP contribution in [0.25, 0.3) is 0 Å². The van der Waals surface area contributed by atoms with Crippen molar-refractivity contribution >= 4 is 11.8 Å². The van der Waals surface area contributed by atoms with Gasteiger partial charge >= 0.3 is 5.97 Å². The van der Waals surface area contributed by atoms with Crippen LogP contribution in [0.4, 0.5) is 0 Å². The molecule has 4 fully saturated rings. The summed E-state index contributed by atoms with van der Waals surface area (Å²) in [6.07, 6.45) is 10.1. The summed E-state index contributed by atoms with van der Waals surface area (Å²) in [7, 11) is 0. The first-order valence-electron chi connectivity index (χ1n) is 10.0. The molecule has 4 saturated carbocycles. The Bertz CT molecular complexity index is 555. The summed E-state index contributed by atoms with van der Waals surface area (Å²) < 4.78 is 5.72. The lowest BCUT2D eigenvalue weighted by Gasteiger charge is -2.59. The smallest absolute Gasteiger partial charge is 0.302 e. The molecule has 0 heterocycles. The molecular weight excluding hydrogens is 300 g/mol. The number of ether oxygens (including phenoxy) is 1. The van der Waals surface area contributed by atoms with E-state index in [4.69, 9.17) is 4.74 Å². The molecule has 0 bridgehead atoms. The van der Waals surface area contributed by atoms with Gasteiger partial charge in [0.05, 0.1) is 0 Å². The highest BCUT2D eigenvalue weighted by Gasteiger charge is 2.61. The minimum Gasteiger partial charge on any atom is -0.462 e. The molecule has 7 atom stereocenters. The fourth-order valence-electron chi connectivity index (χ4n) is 7.48. The Morgan fingerprint density at radius 3 is 2.50 bits per heavy atom. The van der Waals surface area contributed by atoms with Gasteiger partial charge in [-0.2, -0.15) is 0 Å². The molecule has 134 valence electrons. The number of hydrogen-bond acceptors (Lipinski definition) is 3. The fraction of sp³-hybridized carbons (Fsp3) is 0.905. The molecule has 3 nitrogen and oxygen atoms in total. The third kappa shape index (κ3) is 2.29. The number of Topliss-reactive ketones (excluding diaryl/α,β-unsaturated/α-hetero) is 1. The van der Waals surface area contributed by atoms with E-state index in [-0.39, 0.29) is 22.9 Å². The minimum atomic E-state index is -0.127. The molecule has 3 heteroatoms. The maximum Gasteiger partial charge on any atom is 0.302 e. The van der Waals surface area contributed by atoms with E-state index in [1.54, 1.807) is 6.92 Å². The number of carbonyl (C=O) groups is 2. The second kappa shape index (κ2) is 5.57. The maximum atomic E-state index is 12.2. The Balaban J connectivity index is 1.60. The zero-order valence-electron chi connectivity index (χ0n) is 15.5. The number of carbonyl (C=O) groups excluding carboxylic acids is 2. The fourth-order valence-corrected chi connectivity index (χ4v) is 7.48. The second-order valence-corrected chi connectivity index (χ2v) is 9.63. The molecule has 0 amide bonds. The van der Waals surface area contributed by atoms with Gasteiger partial charge in [0.2, 0.25) is 0 Å². The number of esters is 1. The molecule has 0 aliphatic heterocycles. The van der Waals surface area contributed by atoms with Gasteiger partial charge < -0.3 is 4.74 Å². The average molecular weight is 332 g/mol. The first kappa shape index (κ1) is 16.6. The van der Waals surface area contributed by atoms with E-state index in [9.17, 15) is 9.59 Å². The van der Waals surface area contributed by atoms with Gasteiger partial charge in [0.15, 0.2) is 0 Å². The Labute approximate surface area is 145 Å². The van der Waals surface area contributed by atoms with E-state index in [1.807, 2.05) is 0 Å². The zero-order chi connectivity index (χ0) is 17.1. The largest absolute Gasteiger partial charge is 0.462 e. The molecule has 4 aliphatic rings. The van der Waals surface area contributed by atoms with E-state index < -0.39 is 0 Å². The van der Waals surface area contributed by atoms with E-state index in [2.05, 4.69) is 13.8 Å². The molecule has 4 rings (SSSR count). The topological polar surface area (TPSA) is 43.4 Å². The van der Waals surface area contributed by atoms with E-state index in [1.165, 1.54) is 25.7 Å². The van der Waals surface area contributed by atoms with Gasteiger partial charge in [-0.25, -0.2) is 0 Å². The van der Waals surface area contributed by atoms with Crippen LogP contribution in [0.1, 0.15) is 78.6 Å². The molecule has 0 N–H and O–H groups in total. The molecule has 0 spiro atoms. The molecule has 24 heavy (non-hydrogen) atoms. The van der Waals surface area contributed by atoms with Crippen LogP contribution in [0.5, 0.6) is 0 Å². The van der Waals surface area contributed by atoms with Gasteiger partial charge in [0.1, 0.15) is 11.9 Å². The monoisotopic (exact) mass is 332 g/mol. The van der Waals surface area contributed by atoms with Crippen LogP contribution in [0.3, 0.4) is 0 Å². The van der Waals surface area contributed by atoms with Crippen molar-refractivity contribution in [3.05, 3.63) is 0 Å². The number of hydrogen-bond donors (Lipinski definition) is 0. The Kier molecular flexibility index (Phi) is 3.85. The summed E-state index contributed by atoms with van der Waals surface area (Å²) in [5, 5.41) is 0. The van der Waals surface area contributed by atoms with Crippen LogP contribution in [0.15, 0.2) is 0 Å². The summed E-state index contributed by atoms with van der Waals surface area (Å²) in [5.74, 6) is 3.23. The van der Waals surface area contributed by atoms with E-state index >= 15 is 0 Å². The Morgan fingerprint density at radius 1 is 1.00 bits per heavy atom. The summed E-state index contributed by atoms with van der Waals surface area (Å²) in [6.45, 7) is 6.34. The normalized spacial score (nSPS) is 50.6. The van der Waals surface area contributed by atoms with Crippen molar-refractivity contribution in [1.29, 1.82) is 0 Å². The second-order valence-electron chi connectivity index (χ2n) is 9.63. The SMILES string of the molecule is CC(=O)O[C@H]1CC[C@H]2[C@H]3CC[C@H]4CCC(=O)C[C@]4(C)[C@@H]3CC[C@]12C. The van der Waals surface area contributed by atoms with Crippen LogP contribution < -0.4 is 0 Å². The third-order valence-corrected chi connectivity index (χ3v) is 8.64. The summed E-state index contributed by atoms with van der Waals surface area (Å²) in [5.41, 5.74) is 0.397. The van der Waals surface area contributed by atoms with Crippen molar-refractivity contribution in [2.45, 2.75) is 84.7 Å². The summed E-state index contributed by atoms with van der Waals surface area (Å²) in [6, 6.07) is 0. The molecular formula is C21H32O3. The highest BCUT2D eigenvalue weighted by atomic mass is 16.5. The predicted molar refractivity (Wildman–Crippen MR) is 92.3 cm³/mol. The molecule has 0 unspecified atom stereocenters. The highest BCUT2D eigenvalue weighted by Crippen LogP contribution is 2.66. The van der Waals surface area contributed by atoms with E-state index in [0.717, 1.165) is 43.9 Å². The first-order chi connectivity index (χ1) is 11.3. The molecule has 0 aromatic rings. The number of rotatable bonds is 1. The number of fused-ring (bicyclic) bond motifs is 5. The average Bonchev–Trinajstić information content (AvgIpc) is 2.82. The van der Waals surface area contributed by atoms with Crippen molar-refractivity contribution in [3.63, 3.8) is 0 Å². The third-order valence-electron chi connectivity index (χ3n) is 8.64. The molecule has 0 aromatic heterocycles. The quantitative estimate of drug-likeness (QED) is 0.663. The van der Waals surface area contributed by atoms with Gasteiger partial charge in [0.25, 0.3) is 0 Å². The van der Waals surface area contributed by atoms with Crippen molar-refractivity contribution in [2.24, 2.45) is 34.5 Å². The summed E-state index contributed by atoms with van der Waals surface area (Å²) >= 11 is 0. The summed E-state index contributed by atoms with van der Waals surface area (Å²) in [4.78, 5) is 23.7. The minimum absolute atomic E-state index is 0.111. The van der Waals surface area contributed by atoms with Crippen LogP contribution in [0.2, 0.25) is 0 Å². The standard InChI is InChI=1S/C21H32O3/c1-13(22)24-19-9-8-17-16-7-5-14-4-6-15(23)12-21(14,3)18(16)10-11-20(17,19)2/h14,16-19H,4-12H2,1-3H3/t14-,16-,17+,18-,19+,20+,21+/m1/s1. The van der Waals surface area contributed by atoms with E-state index in [0.29, 0.717) is 17.6 Å². The predicted octanol–water partition coefficient (Wildman–Crippen LogP) is 4.53. The van der Waals surface area contributed by atoms with Gasteiger partial charge in [-0.3, -0.25) is 9.59 Å². The van der Waals surface area contributed by atoms with Gasteiger partial charge in [0, 0.05) is 25.2 Å². The van der Waals surface area contributed by atoms with Crippen molar-refractivity contribution < 1.29 is 14.3 Å². The molecule has 0 aromatic carbocycles. The molecule has 0 radical (unpaired) electrons. The van der Waals surface area contributed by atoms with Gasteiger partial charge in [-0.1, -0.05) is 13.8 Å². The van der Waals surface area contributed by atoms with Gasteiger partial charge in [-0.05, 0) is 74.0 Å². The van der Waals surface area contributed by atoms with Crippen LogP contribution in [0, 0.1) is 34.5 Å². The molecule has 4 aliphatic carbocycles. The lowest BCUT2D eigenvalue weighted by atomic mass is 9.45. The number of ketones is 1. The zero-order valence-corrected chi connectivity index (χ0v) is 15.5. The molecule has 0 saturated heterocycles. The van der Waals surface area contributed by atoms with Crippen LogP contribution >= 0.6 is 0 Å². The van der Waals surface area contributed by atoms with Crippen molar-refractivity contribution in [3.8, 4) is 0 Å². The lowest BCUT2D eigenvalue weighted by Crippen LogP contribution is -2.54. The lowest BCUT2D eigenvalue weighted by molar-refractivity contribution is -0.163. The maximum absolute atomic E-state index is 12.2. The van der Waals surface area contributed by atoms with Crippen molar-refractivity contribution in [2.75, 3.05) is 0 Å². The van der Waals surface area contributed by atoms with Crippen LogP contribution in [-0.4, -0.2) is 17.9 Å². The Morgan fingerprint density at radius 2 is 1.75 bits per heavy atom. The highest BCUT2D eigenvalue weighted by molar-refractivity contribution is 5.80.